The van der Waals surface area contributed by atoms with E-state index in [9.17, 15) is 24.6 Å². The van der Waals surface area contributed by atoms with Gasteiger partial charge in [-0.05, 0) is 17.7 Å². The van der Waals surface area contributed by atoms with Gasteiger partial charge in [-0.15, -0.1) is 0 Å². The third-order valence-electron chi connectivity index (χ3n) is 3.40. The molecule has 1 heterocycles. The maximum atomic E-state index is 12.0. The molecule has 0 bridgehead atoms. The molecule has 0 fully saturated rings. The van der Waals surface area contributed by atoms with E-state index in [0.717, 1.165) is 10.1 Å². The van der Waals surface area contributed by atoms with Crippen LogP contribution < -0.4 is 0 Å². The van der Waals surface area contributed by atoms with E-state index in [0.29, 0.717) is 0 Å². The van der Waals surface area contributed by atoms with Gasteiger partial charge in [0.1, 0.15) is 6.61 Å². The normalized spacial score (nSPS) is 11.0. The smallest absolute Gasteiger partial charge is 0.342 e. The van der Waals surface area contributed by atoms with Gasteiger partial charge in [0.2, 0.25) is 5.54 Å². The van der Waals surface area contributed by atoms with Crippen molar-refractivity contribution in [2.45, 2.75) is 18.6 Å². The Morgan fingerprint density at radius 2 is 1.52 bits per heavy atom. The molecule has 0 unspecified atom stereocenters. The lowest BCUT2D eigenvalue weighted by Gasteiger charge is -2.25. The van der Waals surface area contributed by atoms with Crippen LogP contribution in [0.4, 0.5) is 0 Å². The van der Waals surface area contributed by atoms with Crippen molar-refractivity contribution in [2.24, 2.45) is 0 Å². The molecule has 0 aliphatic carbocycles. The topological polar surface area (TPSA) is 106 Å². The molecular formula is C16H15NO6. The second-order valence-electron chi connectivity index (χ2n) is 4.88. The summed E-state index contributed by atoms with van der Waals surface area (Å²) in [5, 5.41) is 18.8. The molecule has 0 saturated carbocycles. The van der Waals surface area contributed by atoms with Gasteiger partial charge >= 0.3 is 17.9 Å². The van der Waals surface area contributed by atoms with E-state index < -0.39 is 29.9 Å². The second-order valence-corrected chi connectivity index (χ2v) is 4.88. The van der Waals surface area contributed by atoms with Gasteiger partial charge in [0, 0.05) is 12.4 Å². The number of aromatic nitrogens is 1. The monoisotopic (exact) mass is 317 g/mol. The van der Waals surface area contributed by atoms with Crippen LogP contribution in [0.25, 0.3) is 0 Å². The highest BCUT2D eigenvalue weighted by Crippen LogP contribution is 2.24. The van der Waals surface area contributed by atoms with Gasteiger partial charge in [-0.1, -0.05) is 30.3 Å². The van der Waals surface area contributed by atoms with Crippen LogP contribution in [0, 0.1) is 0 Å². The van der Waals surface area contributed by atoms with Crippen LogP contribution in [0.2, 0.25) is 0 Å². The number of hydrogen-bond donors (Lipinski definition) is 2. The van der Waals surface area contributed by atoms with Crippen molar-refractivity contribution in [2.75, 3.05) is 0 Å². The zero-order chi connectivity index (χ0) is 16.9. The lowest BCUT2D eigenvalue weighted by atomic mass is 9.95. The number of aliphatic carboxylic acids is 2. The Labute approximate surface area is 131 Å². The van der Waals surface area contributed by atoms with Crippen molar-refractivity contribution >= 4 is 17.9 Å². The molecule has 0 spiro atoms. The number of benzene rings is 1. The minimum Gasteiger partial charge on any atom is -0.479 e. The summed E-state index contributed by atoms with van der Waals surface area (Å²) < 4.78 is 5.98. The number of ether oxygens (including phenoxy) is 1. The Hall–Kier alpha value is -3.09. The van der Waals surface area contributed by atoms with Crippen LogP contribution in [0.5, 0.6) is 0 Å². The number of carboxylic acids is 2. The van der Waals surface area contributed by atoms with Gasteiger partial charge in [-0.2, -0.15) is 0 Å². The molecule has 120 valence electrons. The SMILES string of the molecule is O=C(CC(C(=O)O)(C(=O)O)n1cccc1)OCc1ccccc1. The van der Waals surface area contributed by atoms with Gasteiger partial charge in [-0.3, -0.25) is 4.79 Å². The highest BCUT2D eigenvalue weighted by Gasteiger charge is 2.50. The molecular weight excluding hydrogens is 302 g/mol. The summed E-state index contributed by atoms with van der Waals surface area (Å²) in [5.74, 6) is -4.19. The van der Waals surface area contributed by atoms with E-state index in [1.807, 2.05) is 0 Å². The van der Waals surface area contributed by atoms with Crippen LogP contribution >= 0.6 is 0 Å². The third-order valence-corrected chi connectivity index (χ3v) is 3.40. The number of carboxylic acid groups (broad SMARTS) is 2. The highest BCUT2D eigenvalue weighted by atomic mass is 16.5. The van der Waals surface area contributed by atoms with E-state index in [1.165, 1.54) is 24.5 Å². The first-order chi connectivity index (χ1) is 11.0. The van der Waals surface area contributed by atoms with Crippen LogP contribution in [-0.4, -0.2) is 32.7 Å². The van der Waals surface area contributed by atoms with E-state index >= 15 is 0 Å². The summed E-state index contributed by atoms with van der Waals surface area (Å²) in [5.41, 5.74) is -1.71. The minimum atomic E-state index is -2.43. The van der Waals surface area contributed by atoms with Crippen LogP contribution in [-0.2, 0) is 31.3 Å². The highest BCUT2D eigenvalue weighted by molar-refractivity contribution is 6.03. The predicted octanol–water partition coefficient (Wildman–Crippen LogP) is 1.49. The zero-order valence-electron chi connectivity index (χ0n) is 12.1. The molecule has 2 rings (SSSR count). The largest absolute Gasteiger partial charge is 0.479 e. The average molecular weight is 317 g/mol. The Balaban J connectivity index is 2.16. The molecule has 7 nitrogen and oxygen atoms in total. The summed E-state index contributed by atoms with van der Waals surface area (Å²) in [6.45, 7) is -0.0549. The quantitative estimate of drug-likeness (QED) is 0.592. The fraction of sp³-hybridized carbons (Fsp3) is 0.188. The van der Waals surface area contributed by atoms with Crippen LogP contribution in [0.3, 0.4) is 0 Å². The van der Waals surface area contributed by atoms with Gasteiger partial charge in [0.05, 0.1) is 6.42 Å². The Bertz CT molecular complexity index is 679. The first-order valence-electron chi connectivity index (χ1n) is 6.76. The van der Waals surface area contributed by atoms with E-state index in [1.54, 1.807) is 30.3 Å². The number of hydrogen-bond acceptors (Lipinski definition) is 4. The number of carbonyl (C=O) groups is 3. The average Bonchev–Trinajstić information content (AvgIpc) is 3.05. The fourth-order valence-corrected chi connectivity index (χ4v) is 2.14. The first-order valence-corrected chi connectivity index (χ1v) is 6.76. The molecule has 0 amide bonds. The van der Waals surface area contributed by atoms with Crippen LogP contribution in [0.15, 0.2) is 54.9 Å². The summed E-state index contributed by atoms with van der Waals surface area (Å²) in [4.78, 5) is 35.1. The van der Waals surface area contributed by atoms with Crippen molar-refractivity contribution in [3.05, 3.63) is 60.4 Å². The van der Waals surface area contributed by atoms with Gasteiger partial charge in [0.25, 0.3) is 0 Å². The van der Waals surface area contributed by atoms with Crippen molar-refractivity contribution in [1.29, 1.82) is 0 Å². The lowest BCUT2D eigenvalue weighted by molar-refractivity contribution is -0.169. The molecule has 23 heavy (non-hydrogen) atoms. The van der Waals surface area contributed by atoms with E-state index in [4.69, 9.17) is 4.74 Å². The Morgan fingerprint density at radius 1 is 0.957 bits per heavy atom. The maximum absolute atomic E-state index is 12.0. The Kier molecular flexibility index (Phi) is 4.80. The van der Waals surface area contributed by atoms with Gasteiger partial charge < -0.3 is 19.5 Å². The molecule has 7 heteroatoms. The third kappa shape index (κ3) is 3.39. The van der Waals surface area contributed by atoms with Crippen LogP contribution in [0.1, 0.15) is 12.0 Å². The summed E-state index contributed by atoms with van der Waals surface area (Å²) in [7, 11) is 0. The summed E-state index contributed by atoms with van der Waals surface area (Å²) in [6.07, 6.45) is 1.75. The van der Waals surface area contributed by atoms with Crippen molar-refractivity contribution in [1.82, 2.24) is 4.57 Å². The second kappa shape index (κ2) is 6.78. The molecule has 0 radical (unpaired) electrons. The van der Waals surface area contributed by atoms with E-state index in [2.05, 4.69) is 0 Å². The number of nitrogens with zero attached hydrogens (tertiary/aromatic N) is 1. The van der Waals surface area contributed by atoms with Crippen molar-refractivity contribution < 1.29 is 29.3 Å². The molecule has 0 saturated heterocycles. The maximum Gasteiger partial charge on any atom is 0.342 e. The molecule has 0 aliphatic heterocycles. The molecule has 0 atom stereocenters. The minimum absolute atomic E-state index is 0.0549. The lowest BCUT2D eigenvalue weighted by Crippen LogP contribution is -2.50. The molecule has 0 aliphatic rings. The number of carbonyl (C=O) groups excluding carboxylic acids is 1. The number of rotatable bonds is 7. The van der Waals surface area contributed by atoms with Gasteiger partial charge in [-0.25, -0.2) is 9.59 Å². The Morgan fingerprint density at radius 3 is 2.04 bits per heavy atom. The van der Waals surface area contributed by atoms with Gasteiger partial charge in [0.15, 0.2) is 0 Å². The molecule has 1 aromatic carbocycles. The first kappa shape index (κ1) is 16.3. The zero-order valence-corrected chi connectivity index (χ0v) is 12.1. The summed E-state index contributed by atoms with van der Waals surface area (Å²) >= 11 is 0. The van der Waals surface area contributed by atoms with E-state index in [-0.39, 0.29) is 6.61 Å². The van der Waals surface area contributed by atoms with Crippen molar-refractivity contribution in [3.8, 4) is 0 Å². The number of esters is 1. The molecule has 2 N–H and O–H groups in total. The molecule has 1 aromatic heterocycles. The summed E-state index contributed by atoms with van der Waals surface area (Å²) in [6, 6.07) is 11.8. The molecule has 2 aromatic rings. The standard InChI is InChI=1S/C16H15NO6/c18-13(23-11-12-6-2-1-3-7-12)10-16(14(19)20,15(21)22)17-8-4-5-9-17/h1-9H,10-11H2,(H,19,20)(H,21,22). The predicted molar refractivity (Wildman–Crippen MR) is 78.5 cm³/mol. The fourth-order valence-electron chi connectivity index (χ4n) is 2.14. The van der Waals surface area contributed by atoms with Crippen molar-refractivity contribution in [3.63, 3.8) is 0 Å².